The largest absolute Gasteiger partial charge is 0.306 e. The van der Waals surface area contributed by atoms with E-state index in [0.717, 1.165) is 6.54 Å². The molecular formula is C13H17N. The molecule has 1 unspecified atom stereocenters. The van der Waals surface area contributed by atoms with Crippen LogP contribution in [0.4, 0.5) is 0 Å². The number of nitrogens with one attached hydrogen (secondary N) is 1. The highest BCUT2D eigenvalue weighted by Crippen LogP contribution is 2.10. The van der Waals surface area contributed by atoms with E-state index in [1.165, 1.54) is 24.8 Å². The van der Waals surface area contributed by atoms with Gasteiger partial charge in [0.15, 0.2) is 0 Å². The Bertz CT molecular complexity index is 289. The molecule has 0 saturated carbocycles. The van der Waals surface area contributed by atoms with Crippen LogP contribution in [0.2, 0.25) is 0 Å². The van der Waals surface area contributed by atoms with Crippen LogP contribution in [0, 0.1) is 0 Å². The Kier molecular flexibility index (Phi) is 3.36. The van der Waals surface area contributed by atoms with Crippen molar-refractivity contribution in [3.63, 3.8) is 0 Å². The molecule has 0 spiro atoms. The zero-order chi connectivity index (χ0) is 9.64. The zero-order valence-corrected chi connectivity index (χ0v) is 8.45. The van der Waals surface area contributed by atoms with E-state index >= 15 is 0 Å². The summed E-state index contributed by atoms with van der Waals surface area (Å²) in [7, 11) is 0. The van der Waals surface area contributed by atoms with Crippen LogP contribution in [0.3, 0.4) is 0 Å². The topological polar surface area (TPSA) is 12.0 Å². The highest BCUT2D eigenvalue weighted by molar-refractivity contribution is 5.14. The molecule has 14 heavy (non-hydrogen) atoms. The second kappa shape index (κ2) is 4.97. The van der Waals surface area contributed by atoms with Gasteiger partial charge in [-0.2, -0.15) is 0 Å². The van der Waals surface area contributed by atoms with Crippen LogP contribution in [-0.2, 0) is 6.54 Å². The molecule has 0 fully saturated rings. The SMILES string of the molecule is C1=CC(NCc2ccccc2)CCC1. The van der Waals surface area contributed by atoms with Crippen LogP contribution in [0.5, 0.6) is 0 Å². The van der Waals surface area contributed by atoms with Gasteiger partial charge in [0.1, 0.15) is 0 Å². The van der Waals surface area contributed by atoms with Crippen LogP contribution in [0.1, 0.15) is 24.8 Å². The molecule has 0 radical (unpaired) electrons. The van der Waals surface area contributed by atoms with Crippen LogP contribution < -0.4 is 5.32 Å². The molecule has 1 aliphatic carbocycles. The van der Waals surface area contributed by atoms with Crippen molar-refractivity contribution in [2.75, 3.05) is 0 Å². The van der Waals surface area contributed by atoms with Crippen molar-refractivity contribution in [2.24, 2.45) is 0 Å². The fraction of sp³-hybridized carbons (Fsp3) is 0.385. The summed E-state index contributed by atoms with van der Waals surface area (Å²) in [6, 6.07) is 11.2. The zero-order valence-electron chi connectivity index (χ0n) is 8.45. The summed E-state index contributed by atoms with van der Waals surface area (Å²) < 4.78 is 0. The van der Waals surface area contributed by atoms with Crippen molar-refractivity contribution in [1.29, 1.82) is 0 Å². The van der Waals surface area contributed by atoms with Gasteiger partial charge in [0, 0.05) is 12.6 Å². The van der Waals surface area contributed by atoms with Crippen molar-refractivity contribution in [2.45, 2.75) is 31.8 Å². The molecule has 1 atom stereocenters. The maximum absolute atomic E-state index is 3.55. The van der Waals surface area contributed by atoms with Crippen molar-refractivity contribution in [1.82, 2.24) is 5.32 Å². The normalized spacial score (nSPS) is 21.0. The van der Waals surface area contributed by atoms with Crippen molar-refractivity contribution in [3.8, 4) is 0 Å². The molecule has 1 aliphatic rings. The first kappa shape index (κ1) is 9.47. The van der Waals surface area contributed by atoms with Gasteiger partial charge in [-0.15, -0.1) is 0 Å². The minimum absolute atomic E-state index is 0.587. The van der Waals surface area contributed by atoms with Crippen LogP contribution >= 0.6 is 0 Å². The maximum atomic E-state index is 3.55. The lowest BCUT2D eigenvalue weighted by atomic mass is 10.0. The molecule has 0 amide bonds. The number of allylic oxidation sites excluding steroid dienone is 1. The minimum Gasteiger partial charge on any atom is -0.306 e. The summed E-state index contributed by atoms with van der Waals surface area (Å²) in [5, 5.41) is 3.55. The van der Waals surface area contributed by atoms with Gasteiger partial charge in [-0.3, -0.25) is 0 Å². The smallest absolute Gasteiger partial charge is 0.0253 e. The van der Waals surface area contributed by atoms with Gasteiger partial charge in [-0.1, -0.05) is 42.5 Å². The van der Waals surface area contributed by atoms with Crippen LogP contribution in [0.25, 0.3) is 0 Å². The number of hydrogen-bond acceptors (Lipinski definition) is 1. The van der Waals surface area contributed by atoms with E-state index < -0.39 is 0 Å². The van der Waals surface area contributed by atoms with Crippen molar-refractivity contribution in [3.05, 3.63) is 48.0 Å². The molecule has 1 N–H and O–H groups in total. The predicted molar refractivity (Wildman–Crippen MR) is 60.1 cm³/mol. The molecule has 2 rings (SSSR count). The quantitative estimate of drug-likeness (QED) is 0.717. The summed E-state index contributed by atoms with van der Waals surface area (Å²) in [6.07, 6.45) is 8.44. The van der Waals surface area contributed by atoms with Crippen LogP contribution in [0.15, 0.2) is 42.5 Å². The highest BCUT2D eigenvalue weighted by Gasteiger charge is 2.06. The van der Waals surface area contributed by atoms with E-state index in [0.29, 0.717) is 6.04 Å². The molecule has 0 aliphatic heterocycles. The fourth-order valence-corrected chi connectivity index (χ4v) is 1.83. The van der Waals surface area contributed by atoms with E-state index in [9.17, 15) is 0 Å². The Labute approximate surface area is 85.8 Å². The van der Waals surface area contributed by atoms with E-state index in [1.54, 1.807) is 0 Å². The molecule has 0 saturated heterocycles. The van der Waals surface area contributed by atoms with Gasteiger partial charge in [0.05, 0.1) is 0 Å². The fourth-order valence-electron chi connectivity index (χ4n) is 1.83. The Balaban J connectivity index is 1.82. The Morgan fingerprint density at radius 2 is 2.07 bits per heavy atom. The highest BCUT2D eigenvalue weighted by atomic mass is 14.9. The van der Waals surface area contributed by atoms with E-state index in [2.05, 4.69) is 47.8 Å². The molecule has 1 aromatic carbocycles. The summed E-state index contributed by atoms with van der Waals surface area (Å²) in [6.45, 7) is 0.982. The summed E-state index contributed by atoms with van der Waals surface area (Å²) in [5.41, 5.74) is 1.37. The first-order chi connectivity index (χ1) is 6.95. The first-order valence-electron chi connectivity index (χ1n) is 5.39. The first-order valence-corrected chi connectivity index (χ1v) is 5.39. The predicted octanol–water partition coefficient (Wildman–Crippen LogP) is 2.88. The lowest BCUT2D eigenvalue weighted by Crippen LogP contribution is -2.27. The third-order valence-electron chi connectivity index (χ3n) is 2.67. The molecule has 1 aromatic rings. The van der Waals surface area contributed by atoms with E-state index in [1.807, 2.05) is 0 Å². The Morgan fingerprint density at radius 3 is 2.79 bits per heavy atom. The second-order valence-corrected chi connectivity index (χ2v) is 3.83. The Morgan fingerprint density at radius 1 is 1.21 bits per heavy atom. The lowest BCUT2D eigenvalue weighted by Gasteiger charge is -2.17. The molecule has 74 valence electrons. The summed E-state index contributed by atoms with van der Waals surface area (Å²) >= 11 is 0. The van der Waals surface area contributed by atoms with E-state index in [-0.39, 0.29) is 0 Å². The van der Waals surface area contributed by atoms with Gasteiger partial charge in [0.2, 0.25) is 0 Å². The number of rotatable bonds is 3. The minimum atomic E-state index is 0.587. The summed E-state index contributed by atoms with van der Waals surface area (Å²) in [4.78, 5) is 0. The number of hydrogen-bond donors (Lipinski definition) is 1. The van der Waals surface area contributed by atoms with Crippen LogP contribution in [-0.4, -0.2) is 6.04 Å². The van der Waals surface area contributed by atoms with Crippen molar-refractivity contribution >= 4 is 0 Å². The summed E-state index contributed by atoms with van der Waals surface area (Å²) in [5.74, 6) is 0. The monoisotopic (exact) mass is 187 g/mol. The molecule has 0 heterocycles. The third-order valence-corrected chi connectivity index (χ3v) is 2.67. The molecular weight excluding hydrogens is 170 g/mol. The maximum Gasteiger partial charge on any atom is 0.0253 e. The van der Waals surface area contributed by atoms with Crippen molar-refractivity contribution < 1.29 is 0 Å². The Hall–Kier alpha value is -1.08. The standard InChI is InChI=1S/C13H17N/c1-3-7-12(8-4-1)11-14-13-9-5-2-6-10-13/h1,3-5,7-9,13-14H,2,6,10-11H2. The van der Waals surface area contributed by atoms with Gasteiger partial charge < -0.3 is 5.32 Å². The number of benzene rings is 1. The molecule has 0 aromatic heterocycles. The molecule has 0 bridgehead atoms. The van der Waals surface area contributed by atoms with Gasteiger partial charge in [-0.05, 0) is 24.8 Å². The second-order valence-electron chi connectivity index (χ2n) is 3.83. The molecule has 1 nitrogen and oxygen atoms in total. The van der Waals surface area contributed by atoms with Gasteiger partial charge >= 0.3 is 0 Å². The third kappa shape index (κ3) is 2.71. The average Bonchev–Trinajstić information content (AvgIpc) is 2.29. The average molecular weight is 187 g/mol. The molecule has 1 heteroatoms. The van der Waals surface area contributed by atoms with E-state index in [4.69, 9.17) is 0 Å². The lowest BCUT2D eigenvalue weighted by molar-refractivity contribution is 0.522. The van der Waals surface area contributed by atoms with Gasteiger partial charge in [0.25, 0.3) is 0 Å². The van der Waals surface area contributed by atoms with Gasteiger partial charge in [-0.25, -0.2) is 0 Å².